The van der Waals surface area contributed by atoms with E-state index in [0.717, 1.165) is 19.2 Å². The number of allylic oxidation sites excluding steroid dienone is 3. The number of phenols is 1. The molecular formula is C24H23ClF6N2O2. The van der Waals surface area contributed by atoms with Crippen molar-refractivity contribution in [3.8, 4) is 22.6 Å². The molecule has 0 spiro atoms. The first kappa shape index (κ1) is 28.3. The zero-order valence-electron chi connectivity index (χ0n) is 18.8. The summed E-state index contributed by atoms with van der Waals surface area (Å²) in [5, 5.41) is 10.6. The normalized spacial score (nSPS) is 13.2. The summed E-state index contributed by atoms with van der Waals surface area (Å²) in [6, 6.07) is 5.62. The van der Waals surface area contributed by atoms with Gasteiger partial charge in [0.05, 0.1) is 22.8 Å². The molecule has 4 nitrogen and oxygen atoms in total. The van der Waals surface area contributed by atoms with Crippen molar-refractivity contribution in [2.45, 2.75) is 25.7 Å². The van der Waals surface area contributed by atoms with Gasteiger partial charge in [0, 0.05) is 12.6 Å². The van der Waals surface area contributed by atoms with Crippen LogP contribution in [0.1, 0.15) is 24.5 Å². The highest BCUT2D eigenvalue weighted by Gasteiger charge is 2.35. The van der Waals surface area contributed by atoms with E-state index in [0.29, 0.717) is 12.5 Å². The summed E-state index contributed by atoms with van der Waals surface area (Å²) in [4.78, 5) is 3.25. The standard InChI is InChI=1S/C24H23ClF6N2O2/c1-13(2)16(12-20(33-3)24(29,30)31)15-6-8-19(35-10-4-9-32)21(22(15)34)14-5-7-18(25)17(11-14)23(26,27)28/h5-8,11-12,34H,1,4,9-10,32H2,2-3H3/b16-12+,33-20+. The molecule has 0 bridgehead atoms. The number of nitrogens with two attached hydrogens (primary N) is 1. The Hall–Kier alpha value is -2.98. The average molecular weight is 521 g/mol. The molecule has 35 heavy (non-hydrogen) atoms. The number of rotatable bonds is 8. The van der Waals surface area contributed by atoms with E-state index < -0.39 is 34.4 Å². The van der Waals surface area contributed by atoms with Crippen LogP contribution in [0, 0.1) is 0 Å². The minimum absolute atomic E-state index is 0.0106. The van der Waals surface area contributed by atoms with Gasteiger partial charge in [0.15, 0.2) is 0 Å². The van der Waals surface area contributed by atoms with Crippen molar-refractivity contribution < 1.29 is 36.2 Å². The lowest BCUT2D eigenvalue weighted by Gasteiger charge is -2.19. The quantitative estimate of drug-likeness (QED) is 0.170. The van der Waals surface area contributed by atoms with Crippen molar-refractivity contribution in [1.29, 1.82) is 0 Å². The number of nitrogens with zero attached hydrogens (tertiary/aromatic N) is 1. The van der Waals surface area contributed by atoms with Gasteiger partial charge < -0.3 is 15.6 Å². The molecule has 0 aromatic heterocycles. The lowest BCUT2D eigenvalue weighted by Crippen LogP contribution is -2.21. The average Bonchev–Trinajstić information content (AvgIpc) is 2.74. The number of hydrogen-bond acceptors (Lipinski definition) is 4. The highest BCUT2D eigenvalue weighted by Crippen LogP contribution is 2.46. The van der Waals surface area contributed by atoms with Gasteiger partial charge in [0.25, 0.3) is 0 Å². The second-order valence-electron chi connectivity index (χ2n) is 7.46. The summed E-state index contributed by atoms with van der Waals surface area (Å²) in [5.41, 5.74) is 2.75. The number of alkyl halides is 6. The zero-order valence-corrected chi connectivity index (χ0v) is 19.6. The fourth-order valence-electron chi connectivity index (χ4n) is 3.19. The summed E-state index contributed by atoms with van der Waals surface area (Å²) in [6.07, 6.45) is -8.45. The number of halogens is 7. The van der Waals surface area contributed by atoms with E-state index in [4.69, 9.17) is 22.1 Å². The maximum absolute atomic E-state index is 13.5. The number of aromatic hydroxyl groups is 1. The van der Waals surface area contributed by atoms with E-state index >= 15 is 0 Å². The number of aliphatic imine (C=N–C) groups is 1. The second kappa shape index (κ2) is 11.2. The molecule has 0 radical (unpaired) electrons. The highest BCUT2D eigenvalue weighted by atomic mass is 35.5. The maximum atomic E-state index is 13.5. The van der Waals surface area contributed by atoms with Crippen molar-refractivity contribution in [3.63, 3.8) is 0 Å². The number of ether oxygens (including phenoxy) is 1. The summed E-state index contributed by atoms with van der Waals surface area (Å²) in [5.74, 6) is -0.589. The first-order valence-corrected chi connectivity index (χ1v) is 10.6. The Kier molecular flexibility index (Phi) is 9.02. The van der Waals surface area contributed by atoms with Crippen molar-refractivity contribution in [1.82, 2.24) is 0 Å². The van der Waals surface area contributed by atoms with Crippen LogP contribution in [0.3, 0.4) is 0 Å². The SMILES string of the molecule is C=C(C)/C(=C\C(=N/C)C(F)(F)F)c1ccc(OCCCN)c(-c2ccc(Cl)c(C(F)(F)F)c2)c1O. The van der Waals surface area contributed by atoms with Crippen molar-refractivity contribution >= 4 is 22.9 Å². The van der Waals surface area contributed by atoms with Crippen molar-refractivity contribution in [3.05, 3.63) is 64.7 Å². The van der Waals surface area contributed by atoms with E-state index in [1.165, 1.54) is 25.1 Å². The third-order valence-corrected chi connectivity index (χ3v) is 5.20. The Morgan fingerprint density at radius 2 is 1.83 bits per heavy atom. The third-order valence-electron chi connectivity index (χ3n) is 4.87. The number of phenolic OH excluding ortho intramolecular Hbond substituents is 1. The van der Waals surface area contributed by atoms with Crippen LogP contribution < -0.4 is 10.5 Å². The van der Waals surface area contributed by atoms with Crippen LogP contribution >= 0.6 is 11.6 Å². The van der Waals surface area contributed by atoms with E-state index in [9.17, 15) is 31.4 Å². The van der Waals surface area contributed by atoms with Crippen molar-refractivity contribution in [2.75, 3.05) is 20.2 Å². The molecule has 0 aliphatic heterocycles. The van der Waals surface area contributed by atoms with Crippen LogP contribution in [-0.4, -0.2) is 37.2 Å². The smallest absolute Gasteiger partial charge is 0.432 e. The molecule has 3 N–H and O–H groups in total. The van der Waals surface area contributed by atoms with Gasteiger partial charge in [-0.25, -0.2) is 0 Å². The van der Waals surface area contributed by atoms with Crippen molar-refractivity contribution in [2.24, 2.45) is 10.7 Å². The molecule has 11 heteroatoms. The molecule has 2 aromatic carbocycles. The number of hydrogen-bond donors (Lipinski definition) is 2. The van der Waals surface area contributed by atoms with Gasteiger partial charge >= 0.3 is 12.4 Å². The molecule has 190 valence electrons. The van der Waals surface area contributed by atoms with Gasteiger partial charge in [-0.3, -0.25) is 4.99 Å². The van der Waals surface area contributed by atoms with Gasteiger partial charge in [-0.2, -0.15) is 26.3 Å². The van der Waals surface area contributed by atoms with Gasteiger partial charge in [0.1, 0.15) is 17.2 Å². The Bertz CT molecular complexity index is 1150. The molecule has 2 rings (SSSR count). The van der Waals surface area contributed by atoms with E-state index in [1.54, 1.807) is 0 Å². The maximum Gasteiger partial charge on any atom is 0.432 e. The summed E-state index contributed by atoms with van der Waals surface area (Å²) in [6.45, 7) is 5.46. The highest BCUT2D eigenvalue weighted by molar-refractivity contribution is 6.31. The zero-order chi connectivity index (χ0) is 26.6. The van der Waals surface area contributed by atoms with Crippen LogP contribution in [0.2, 0.25) is 5.02 Å². The Morgan fingerprint density at radius 3 is 2.34 bits per heavy atom. The first-order chi connectivity index (χ1) is 16.2. The minimum Gasteiger partial charge on any atom is -0.507 e. The molecule has 0 atom stereocenters. The molecular weight excluding hydrogens is 498 g/mol. The molecule has 0 saturated carbocycles. The fraction of sp³-hybridized carbons (Fsp3) is 0.292. The van der Waals surface area contributed by atoms with E-state index in [1.807, 2.05) is 0 Å². The topological polar surface area (TPSA) is 67.8 Å². The summed E-state index contributed by atoms with van der Waals surface area (Å²) >= 11 is 5.72. The fourth-order valence-corrected chi connectivity index (χ4v) is 3.42. The van der Waals surface area contributed by atoms with E-state index in [-0.39, 0.29) is 46.7 Å². The minimum atomic E-state index is -4.79. The lowest BCUT2D eigenvalue weighted by molar-refractivity contribution is -0.137. The van der Waals surface area contributed by atoms with Crippen LogP contribution in [0.25, 0.3) is 16.7 Å². The van der Waals surface area contributed by atoms with Crippen LogP contribution in [-0.2, 0) is 6.18 Å². The van der Waals surface area contributed by atoms with E-state index in [2.05, 4.69) is 11.6 Å². The van der Waals surface area contributed by atoms with Crippen LogP contribution in [0.5, 0.6) is 11.5 Å². The molecule has 0 unspecified atom stereocenters. The van der Waals surface area contributed by atoms with Gasteiger partial charge in [-0.05, 0) is 61.4 Å². The molecule has 0 amide bonds. The second-order valence-corrected chi connectivity index (χ2v) is 7.87. The summed E-state index contributed by atoms with van der Waals surface area (Å²) in [7, 11) is 0.960. The Labute approximate surface area is 203 Å². The lowest BCUT2D eigenvalue weighted by atomic mass is 9.92. The van der Waals surface area contributed by atoms with Gasteiger partial charge in [-0.1, -0.05) is 29.8 Å². The molecule has 0 aliphatic rings. The molecule has 0 saturated heterocycles. The number of benzene rings is 2. The monoisotopic (exact) mass is 520 g/mol. The largest absolute Gasteiger partial charge is 0.507 e. The molecule has 2 aromatic rings. The predicted octanol–water partition coefficient (Wildman–Crippen LogP) is 7.05. The Balaban J connectivity index is 2.84. The Morgan fingerprint density at radius 1 is 1.17 bits per heavy atom. The van der Waals surface area contributed by atoms with Crippen LogP contribution in [0.15, 0.2) is 53.6 Å². The molecule has 0 aliphatic carbocycles. The predicted molar refractivity (Wildman–Crippen MR) is 125 cm³/mol. The summed E-state index contributed by atoms with van der Waals surface area (Å²) < 4.78 is 86.0. The van der Waals surface area contributed by atoms with Gasteiger partial charge in [0.2, 0.25) is 0 Å². The molecule has 0 heterocycles. The third kappa shape index (κ3) is 6.79. The van der Waals surface area contributed by atoms with Crippen LogP contribution in [0.4, 0.5) is 26.3 Å². The molecule has 0 fully saturated rings. The first-order valence-electron chi connectivity index (χ1n) is 10.2. The van der Waals surface area contributed by atoms with Gasteiger partial charge in [-0.15, -0.1) is 0 Å².